The predicted octanol–water partition coefficient (Wildman–Crippen LogP) is 3.93. The van der Waals surface area contributed by atoms with Crippen LogP contribution in [0.4, 0.5) is 4.39 Å². The SMILES string of the molecule is CCc1nn(Cc2cccc(F)c2)c(CC)c1CCl. The van der Waals surface area contributed by atoms with Crippen molar-refractivity contribution in [3.8, 4) is 0 Å². The fraction of sp³-hybridized carbons (Fsp3) is 0.400. The van der Waals surface area contributed by atoms with E-state index in [-0.39, 0.29) is 5.82 Å². The Morgan fingerprint density at radius 1 is 1.26 bits per heavy atom. The molecule has 1 aromatic heterocycles. The third-order valence-electron chi connectivity index (χ3n) is 3.27. The van der Waals surface area contributed by atoms with Crippen LogP contribution < -0.4 is 0 Å². The standard InChI is InChI=1S/C15H18ClFN2/c1-3-14-13(9-16)15(4-2)19(18-14)10-11-6-5-7-12(17)8-11/h5-8H,3-4,9-10H2,1-2H3. The van der Waals surface area contributed by atoms with Gasteiger partial charge in [0.25, 0.3) is 0 Å². The number of aromatic nitrogens is 2. The van der Waals surface area contributed by atoms with Gasteiger partial charge in [0.05, 0.1) is 18.1 Å². The molecule has 0 spiro atoms. The van der Waals surface area contributed by atoms with E-state index in [1.807, 2.05) is 10.7 Å². The summed E-state index contributed by atoms with van der Waals surface area (Å²) in [4.78, 5) is 0. The largest absolute Gasteiger partial charge is 0.265 e. The summed E-state index contributed by atoms with van der Waals surface area (Å²) < 4.78 is 15.2. The Balaban J connectivity index is 2.37. The Labute approximate surface area is 118 Å². The minimum atomic E-state index is -0.212. The van der Waals surface area contributed by atoms with Gasteiger partial charge >= 0.3 is 0 Å². The highest BCUT2D eigenvalue weighted by molar-refractivity contribution is 6.17. The van der Waals surface area contributed by atoms with Crippen LogP contribution in [-0.4, -0.2) is 9.78 Å². The van der Waals surface area contributed by atoms with Crippen LogP contribution in [0.2, 0.25) is 0 Å². The molecule has 102 valence electrons. The van der Waals surface area contributed by atoms with Crippen LogP contribution in [0.5, 0.6) is 0 Å². The van der Waals surface area contributed by atoms with Gasteiger partial charge in [-0.05, 0) is 30.5 Å². The van der Waals surface area contributed by atoms with Crippen LogP contribution in [0.25, 0.3) is 0 Å². The number of aryl methyl sites for hydroxylation is 1. The molecule has 19 heavy (non-hydrogen) atoms. The van der Waals surface area contributed by atoms with E-state index in [1.54, 1.807) is 12.1 Å². The molecule has 0 aliphatic rings. The molecule has 0 atom stereocenters. The third-order valence-corrected chi connectivity index (χ3v) is 3.54. The molecule has 0 aliphatic carbocycles. The number of rotatable bonds is 5. The van der Waals surface area contributed by atoms with Crippen LogP contribution in [0.1, 0.15) is 36.4 Å². The number of hydrogen-bond donors (Lipinski definition) is 0. The monoisotopic (exact) mass is 280 g/mol. The maximum atomic E-state index is 13.2. The van der Waals surface area contributed by atoms with Crippen LogP contribution in [0.15, 0.2) is 24.3 Å². The topological polar surface area (TPSA) is 17.8 Å². The Morgan fingerprint density at radius 2 is 2.05 bits per heavy atom. The average Bonchev–Trinajstić information content (AvgIpc) is 2.75. The Kier molecular flexibility index (Phi) is 4.59. The highest BCUT2D eigenvalue weighted by atomic mass is 35.5. The molecule has 4 heteroatoms. The maximum Gasteiger partial charge on any atom is 0.123 e. The quantitative estimate of drug-likeness (QED) is 0.759. The first-order valence-corrected chi connectivity index (χ1v) is 7.10. The van der Waals surface area contributed by atoms with Gasteiger partial charge in [-0.2, -0.15) is 5.10 Å². The molecule has 0 fully saturated rings. The lowest BCUT2D eigenvalue weighted by atomic mass is 10.1. The van der Waals surface area contributed by atoms with Crippen molar-refractivity contribution in [1.29, 1.82) is 0 Å². The summed E-state index contributed by atoms with van der Waals surface area (Å²) in [6.07, 6.45) is 1.75. The molecule has 0 saturated heterocycles. The van der Waals surface area contributed by atoms with E-state index >= 15 is 0 Å². The molecule has 0 radical (unpaired) electrons. The molecule has 0 saturated carbocycles. The first kappa shape index (κ1) is 14.1. The third kappa shape index (κ3) is 2.98. The fourth-order valence-corrected chi connectivity index (χ4v) is 2.67. The van der Waals surface area contributed by atoms with Gasteiger partial charge in [-0.1, -0.05) is 26.0 Å². The van der Waals surface area contributed by atoms with Gasteiger partial charge in [-0.3, -0.25) is 4.68 Å². The van der Waals surface area contributed by atoms with Crippen molar-refractivity contribution in [3.63, 3.8) is 0 Å². The van der Waals surface area contributed by atoms with E-state index in [1.165, 1.54) is 6.07 Å². The van der Waals surface area contributed by atoms with Gasteiger partial charge in [0.15, 0.2) is 0 Å². The summed E-state index contributed by atoms with van der Waals surface area (Å²) in [5.74, 6) is 0.270. The lowest BCUT2D eigenvalue weighted by molar-refractivity contribution is 0.611. The summed E-state index contributed by atoms with van der Waals surface area (Å²) in [5.41, 5.74) is 4.24. The highest BCUT2D eigenvalue weighted by Crippen LogP contribution is 2.19. The van der Waals surface area contributed by atoms with Gasteiger partial charge in [-0.25, -0.2) is 4.39 Å². The number of benzene rings is 1. The fourth-order valence-electron chi connectivity index (χ4n) is 2.36. The van der Waals surface area contributed by atoms with Crippen LogP contribution in [0.3, 0.4) is 0 Å². The van der Waals surface area contributed by atoms with Crippen LogP contribution in [-0.2, 0) is 25.3 Å². The van der Waals surface area contributed by atoms with Crippen LogP contribution >= 0.6 is 11.6 Å². The van der Waals surface area contributed by atoms with Gasteiger partial charge in [0, 0.05) is 11.3 Å². The Morgan fingerprint density at radius 3 is 2.63 bits per heavy atom. The van der Waals surface area contributed by atoms with Gasteiger partial charge in [0.1, 0.15) is 5.82 Å². The highest BCUT2D eigenvalue weighted by Gasteiger charge is 2.14. The van der Waals surface area contributed by atoms with E-state index in [0.717, 1.165) is 35.4 Å². The number of nitrogens with zero attached hydrogens (tertiary/aromatic N) is 2. The summed E-state index contributed by atoms with van der Waals surface area (Å²) in [7, 11) is 0. The van der Waals surface area contributed by atoms with Crippen molar-refractivity contribution in [1.82, 2.24) is 9.78 Å². The van der Waals surface area contributed by atoms with E-state index in [9.17, 15) is 4.39 Å². The first-order valence-electron chi connectivity index (χ1n) is 6.57. The summed E-state index contributed by atoms with van der Waals surface area (Å²) in [6.45, 7) is 4.75. The van der Waals surface area contributed by atoms with Crippen molar-refractivity contribution in [3.05, 3.63) is 52.6 Å². The zero-order valence-corrected chi connectivity index (χ0v) is 12.0. The molecular weight excluding hydrogens is 263 g/mol. The Bertz CT molecular complexity index is 563. The van der Waals surface area contributed by atoms with E-state index in [0.29, 0.717) is 12.4 Å². The molecular formula is C15H18ClFN2. The zero-order chi connectivity index (χ0) is 13.8. The maximum absolute atomic E-state index is 13.2. The lowest BCUT2D eigenvalue weighted by Crippen LogP contribution is -2.06. The average molecular weight is 281 g/mol. The molecule has 0 aliphatic heterocycles. The summed E-state index contributed by atoms with van der Waals surface area (Å²) >= 11 is 6.02. The molecule has 2 nitrogen and oxygen atoms in total. The van der Waals surface area contributed by atoms with Crippen molar-refractivity contribution < 1.29 is 4.39 Å². The first-order chi connectivity index (χ1) is 9.19. The van der Waals surface area contributed by atoms with Crippen molar-refractivity contribution in [2.75, 3.05) is 0 Å². The molecule has 2 aromatic rings. The normalized spacial score (nSPS) is 10.9. The van der Waals surface area contributed by atoms with E-state index in [4.69, 9.17) is 11.6 Å². The minimum absolute atomic E-state index is 0.212. The molecule has 0 amide bonds. The zero-order valence-electron chi connectivity index (χ0n) is 11.3. The smallest absolute Gasteiger partial charge is 0.123 e. The predicted molar refractivity (Wildman–Crippen MR) is 76.0 cm³/mol. The van der Waals surface area contributed by atoms with Crippen molar-refractivity contribution in [2.45, 2.75) is 39.1 Å². The van der Waals surface area contributed by atoms with Crippen molar-refractivity contribution in [2.24, 2.45) is 0 Å². The Hall–Kier alpha value is -1.35. The second-order valence-corrected chi connectivity index (χ2v) is 4.77. The number of hydrogen-bond acceptors (Lipinski definition) is 1. The van der Waals surface area contributed by atoms with E-state index < -0.39 is 0 Å². The molecule has 0 N–H and O–H groups in total. The number of alkyl halides is 1. The second-order valence-electron chi connectivity index (χ2n) is 4.50. The summed E-state index contributed by atoms with van der Waals surface area (Å²) in [5, 5.41) is 4.61. The lowest BCUT2D eigenvalue weighted by Gasteiger charge is -2.07. The summed E-state index contributed by atoms with van der Waals surface area (Å²) in [6, 6.07) is 6.64. The minimum Gasteiger partial charge on any atom is -0.265 e. The van der Waals surface area contributed by atoms with Gasteiger partial charge in [-0.15, -0.1) is 11.6 Å². The van der Waals surface area contributed by atoms with Crippen LogP contribution in [0, 0.1) is 5.82 Å². The second kappa shape index (κ2) is 6.20. The van der Waals surface area contributed by atoms with E-state index in [2.05, 4.69) is 18.9 Å². The van der Waals surface area contributed by atoms with Gasteiger partial charge < -0.3 is 0 Å². The molecule has 0 bridgehead atoms. The molecule has 2 rings (SSSR count). The molecule has 1 heterocycles. The van der Waals surface area contributed by atoms with Crippen molar-refractivity contribution >= 4 is 11.6 Å². The molecule has 1 aromatic carbocycles. The molecule has 0 unspecified atom stereocenters. The number of halogens is 2. The van der Waals surface area contributed by atoms with Gasteiger partial charge in [0.2, 0.25) is 0 Å².